The van der Waals surface area contributed by atoms with Crippen molar-refractivity contribution in [3.8, 4) is 0 Å². The van der Waals surface area contributed by atoms with Crippen LogP contribution >= 0.6 is 24.0 Å². The van der Waals surface area contributed by atoms with Gasteiger partial charge in [-0.05, 0) is 32.3 Å². The van der Waals surface area contributed by atoms with Crippen molar-refractivity contribution in [1.82, 2.24) is 10.6 Å². The quantitative estimate of drug-likeness (QED) is 0.472. The van der Waals surface area contributed by atoms with Gasteiger partial charge in [-0.3, -0.25) is 4.99 Å². The second-order valence-corrected chi connectivity index (χ2v) is 4.67. The minimum atomic E-state index is 0. The highest BCUT2D eigenvalue weighted by Gasteiger charge is 1.98. The zero-order valence-electron chi connectivity index (χ0n) is 12.4. The third-order valence-corrected chi connectivity index (χ3v) is 2.75. The number of halogens is 1. The molecule has 0 saturated heterocycles. The molecule has 0 aliphatic rings. The van der Waals surface area contributed by atoms with Crippen LogP contribution in [0.3, 0.4) is 0 Å². The van der Waals surface area contributed by atoms with Crippen molar-refractivity contribution in [1.29, 1.82) is 0 Å². The Balaban J connectivity index is 0.00000324. The summed E-state index contributed by atoms with van der Waals surface area (Å²) in [7, 11) is 1.81. The van der Waals surface area contributed by atoms with Crippen molar-refractivity contribution in [3.63, 3.8) is 0 Å². The van der Waals surface area contributed by atoms with Gasteiger partial charge in [0.15, 0.2) is 5.96 Å². The molecule has 108 valence electrons. The molecule has 0 fully saturated rings. The third kappa shape index (κ3) is 7.40. The molecule has 2 N–H and O–H groups in total. The number of rotatable bonds is 5. The smallest absolute Gasteiger partial charge is 0.190 e. The van der Waals surface area contributed by atoms with Crippen LogP contribution in [0.4, 0.5) is 0 Å². The highest BCUT2D eigenvalue weighted by Crippen LogP contribution is 2.08. The van der Waals surface area contributed by atoms with Crippen LogP contribution in [0.15, 0.2) is 23.2 Å². The Morgan fingerprint density at radius 3 is 2.16 bits per heavy atom. The minimum Gasteiger partial charge on any atom is -0.356 e. The molecule has 0 atom stereocenters. The van der Waals surface area contributed by atoms with E-state index in [2.05, 4.69) is 54.6 Å². The van der Waals surface area contributed by atoms with Crippen molar-refractivity contribution in [3.05, 3.63) is 34.9 Å². The average Bonchev–Trinajstić information content (AvgIpc) is 2.32. The summed E-state index contributed by atoms with van der Waals surface area (Å²) in [6.45, 7) is 8.31. The van der Waals surface area contributed by atoms with Gasteiger partial charge in [-0.1, -0.05) is 36.2 Å². The number of guanidine groups is 1. The van der Waals surface area contributed by atoms with E-state index in [0.717, 1.165) is 31.9 Å². The van der Waals surface area contributed by atoms with E-state index in [1.54, 1.807) is 0 Å². The van der Waals surface area contributed by atoms with Gasteiger partial charge in [-0.2, -0.15) is 0 Å². The van der Waals surface area contributed by atoms with Crippen LogP contribution in [-0.2, 0) is 6.42 Å². The molecule has 0 amide bonds. The lowest BCUT2D eigenvalue weighted by Gasteiger charge is -2.11. The first kappa shape index (κ1) is 18.2. The molecule has 1 aromatic carbocycles. The first-order chi connectivity index (χ1) is 8.65. The molecular weight excluding hydrogens is 349 g/mol. The Bertz CT molecular complexity index is 382. The Labute approximate surface area is 134 Å². The van der Waals surface area contributed by atoms with Gasteiger partial charge in [0.1, 0.15) is 0 Å². The molecule has 19 heavy (non-hydrogen) atoms. The summed E-state index contributed by atoms with van der Waals surface area (Å²) in [4.78, 5) is 4.19. The van der Waals surface area contributed by atoms with Crippen LogP contribution in [0, 0.1) is 13.8 Å². The van der Waals surface area contributed by atoms with Gasteiger partial charge in [0, 0.05) is 20.1 Å². The number of benzene rings is 1. The molecule has 0 aliphatic heterocycles. The van der Waals surface area contributed by atoms with E-state index in [-0.39, 0.29) is 24.0 Å². The Morgan fingerprint density at radius 2 is 1.63 bits per heavy atom. The number of hydrogen-bond donors (Lipinski definition) is 2. The van der Waals surface area contributed by atoms with Crippen LogP contribution in [0.25, 0.3) is 0 Å². The maximum absolute atomic E-state index is 4.19. The zero-order chi connectivity index (χ0) is 13.4. The van der Waals surface area contributed by atoms with Crippen LogP contribution in [0.2, 0.25) is 0 Å². The highest BCUT2D eigenvalue weighted by molar-refractivity contribution is 14.0. The van der Waals surface area contributed by atoms with Crippen LogP contribution in [0.1, 0.15) is 30.0 Å². The molecule has 0 unspecified atom stereocenters. The first-order valence-electron chi connectivity index (χ1n) is 6.67. The number of hydrogen-bond acceptors (Lipinski definition) is 1. The second-order valence-electron chi connectivity index (χ2n) is 4.67. The van der Waals surface area contributed by atoms with Crippen molar-refractivity contribution in [2.45, 2.75) is 33.6 Å². The van der Waals surface area contributed by atoms with Crippen molar-refractivity contribution >= 4 is 29.9 Å². The van der Waals surface area contributed by atoms with Crippen LogP contribution in [-0.4, -0.2) is 26.1 Å². The summed E-state index contributed by atoms with van der Waals surface area (Å²) >= 11 is 0. The number of aryl methyl sites for hydroxylation is 2. The van der Waals surface area contributed by atoms with Crippen molar-refractivity contribution < 1.29 is 0 Å². The lowest BCUT2D eigenvalue weighted by atomic mass is 10.1. The van der Waals surface area contributed by atoms with Crippen LogP contribution < -0.4 is 10.6 Å². The van der Waals surface area contributed by atoms with E-state index < -0.39 is 0 Å². The maximum atomic E-state index is 4.19. The fourth-order valence-corrected chi connectivity index (χ4v) is 2.00. The summed E-state index contributed by atoms with van der Waals surface area (Å²) in [6, 6.07) is 6.70. The van der Waals surface area contributed by atoms with Gasteiger partial charge in [0.2, 0.25) is 0 Å². The topological polar surface area (TPSA) is 36.4 Å². The first-order valence-corrected chi connectivity index (χ1v) is 6.67. The molecule has 1 rings (SSSR count). The second kappa shape index (κ2) is 10.1. The molecule has 4 heteroatoms. The van der Waals surface area contributed by atoms with E-state index in [0.29, 0.717) is 0 Å². The van der Waals surface area contributed by atoms with Gasteiger partial charge in [-0.15, -0.1) is 24.0 Å². The largest absolute Gasteiger partial charge is 0.356 e. The van der Waals surface area contributed by atoms with E-state index in [1.165, 1.54) is 16.7 Å². The van der Waals surface area contributed by atoms with Crippen molar-refractivity contribution in [2.24, 2.45) is 4.99 Å². The SMILES string of the molecule is CCCNC(=NC)NCCc1cc(C)cc(C)c1.I. The number of aliphatic imine (C=N–C) groups is 1. The molecule has 1 aromatic rings. The summed E-state index contributed by atoms with van der Waals surface area (Å²) in [5.41, 5.74) is 4.04. The highest BCUT2D eigenvalue weighted by atomic mass is 127. The predicted octanol–water partition coefficient (Wildman–Crippen LogP) is 3.04. The van der Waals surface area contributed by atoms with Gasteiger partial charge in [0.25, 0.3) is 0 Å². The summed E-state index contributed by atoms with van der Waals surface area (Å²) in [5.74, 6) is 0.890. The Hall–Kier alpha value is -0.780. The number of nitrogens with one attached hydrogen (secondary N) is 2. The third-order valence-electron chi connectivity index (χ3n) is 2.75. The molecule has 0 aromatic heterocycles. The summed E-state index contributed by atoms with van der Waals surface area (Å²) in [5, 5.41) is 6.60. The minimum absolute atomic E-state index is 0. The zero-order valence-corrected chi connectivity index (χ0v) is 14.7. The van der Waals surface area contributed by atoms with Gasteiger partial charge >= 0.3 is 0 Å². The average molecular weight is 375 g/mol. The molecule has 0 aliphatic carbocycles. The van der Waals surface area contributed by atoms with Gasteiger partial charge < -0.3 is 10.6 Å². The molecule has 0 heterocycles. The van der Waals surface area contributed by atoms with E-state index in [9.17, 15) is 0 Å². The molecule has 3 nitrogen and oxygen atoms in total. The standard InChI is InChI=1S/C15H25N3.HI/c1-5-7-17-15(16-4)18-8-6-14-10-12(2)9-13(3)11-14;/h9-11H,5-8H2,1-4H3,(H2,16,17,18);1H. The fourth-order valence-electron chi connectivity index (χ4n) is 2.00. The van der Waals surface area contributed by atoms with Gasteiger partial charge in [0.05, 0.1) is 0 Å². The van der Waals surface area contributed by atoms with E-state index >= 15 is 0 Å². The molecule has 0 radical (unpaired) electrons. The molecule has 0 saturated carbocycles. The van der Waals surface area contributed by atoms with Crippen LogP contribution in [0.5, 0.6) is 0 Å². The summed E-state index contributed by atoms with van der Waals surface area (Å²) in [6.07, 6.45) is 2.13. The monoisotopic (exact) mass is 375 g/mol. The van der Waals surface area contributed by atoms with Crippen molar-refractivity contribution in [2.75, 3.05) is 20.1 Å². The lowest BCUT2D eigenvalue weighted by Crippen LogP contribution is -2.38. The van der Waals surface area contributed by atoms with Gasteiger partial charge in [-0.25, -0.2) is 0 Å². The lowest BCUT2D eigenvalue weighted by molar-refractivity contribution is 0.773. The fraction of sp³-hybridized carbons (Fsp3) is 0.533. The summed E-state index contributed by atoms with van der Waals surface area (Å²) < 4.78 is 0. The Kier molecular flexibility index (Phi) is 9.65. The van der Waals surface area contributed by atoms with E-state index in [1.807, 2.05) is 7.05 Å². The maximum Gasteiger partial charge on any atom is 0.190 e. The normalized spacial score (nSPS) is 10.8. The van der Waals surface area contributed by atoms with E-state index in [4.69, 9.17) is 0 Å². The molecule has 0 spiro atoms. The molecule has 0 bridgehead atoms. The predicted molar refractivity (Wildman–Crippen MR) is 94.7 cm³/mol. The Morgan fingerprint density at radius 1 is 1.05 bits per heavy atom. The molecular formula is C15H26IN3. The number of nitrogens with zero attached hydrogens (tertiary/aromatic N) is 1.